The molecule has 6 heteroatoms. The SMILES string of the molecule is O=C(O)C1CC2CCCCC2N1C(=O)Nc1cccnc1. The smallest absolute Gasteiger partial charge is 0.326 e. The van der Waals surface area contributed by atoms with E-state index in [2.05, 4.69) is 10.3 Å². The summed E-state index contributed by atoms with van der Waals surface area (Å²) in [5.74, 6) is -0.592. The number of aromatic nitrogens is 1. The van der Waals surface area contributed by atoms with E-state index >= 15 is 0 Å². The molecule has 1 aromatic rings. The Balaban J connectivity index is 1.79. The molecule has 2 amide bonds. The van der Waals surface area contributed by atoms with Crippen molar-refractivity contribution in [3.63, 3.8) is 0 Å². The minimum absolute atomic E-state index is 0.0523. The quantitative estimate of drug-likeness (QED) is 0.875. The van der Waals surface area contributed by atoms with Crippen LogP contribution >= 0.6 is 0 Å². The van der Waals surface area contributed by atoms with Crippen molar-refractivity contribution in [2.75, 3.05) is 5.32 Å². The van der Waals surface area contributed by atoms with E-state index in [-0.39, 0.29) is 12.1 Å². The van der Waals surface area contributed by atoms with Crippen LogP contribution in [0.25, 0.3) is 0 Å². The van der Waals surface area contributed by atoms with Gasteiger partial charge in [0.1, 0.15) is 6.04 Å². The predicted molar refractivity (Wildman–Crippen MR) is 76.9 cm³/mol. The fourth-order valence-electron chi connectivity index (χ4n) is 3.60. The fraction of sp³-hybridized carbons (Fsp3) is 0.533. The summed E-state index contributed by atoms with van der Waals surface area (Å²) in [5, 5.41) is 12.2. The molecule has 6 nitrogen and oxygen atoms in total. The van der Waals surface area contributed by atoms with Gasteiger partial charge in [0.15, 0.2) is 0 Å². The van der Waals surface area contributed by atoms with E-state index in [9.17, 15) is 14.7 Å². The lowest BCUT2D eigenvalue weighted by molar-refractivity contribution is -0.141. The number of amides is 2. The number of hydrogen-bond donors (Lipinski definition) is 2. The molecular weight excluding hydrogens is 270 g/mol. The summed E-state index contributed by atoms with van der Waals surface area (Å²) in [6.07, 6.45) is 7.86. The first kappa shape index (κ1) is 13.9. The molecule has 0 spiro atoms. The third-order valence-corrected chi connectivity index (χ3v) is 4.52. The molecule has 1 saturated heterocycles. The summed E-state index contributed by atoms with van der Waals surface area (Å²) < 4.78 is 0. The number of rotatable bonds is 2. The number of carbonyl (C=O) groups excluding carboxylic acids is 1. The van der Waals surface area contributed by atoms with Crippen molar-refractivity contribution in [2.24, 2.45) is 5.92 Å². The lowest BCUT2D eigenvalue weighted by atomic mass is 9.85. The number of pyridine rings is 1. The second-order valence-corrected chi connectivity index (χ2v) is 5.78. The first-order valence-electron chi connectivity index (χ1n) is 7.39. The molecule has 0 aromatic carbocycles. The fourth-order valence-corrected chi connectivity index (χ4v) is 3.60. The van der Waals surface area contributed by atoms with Crippen molar-refractivity contribution in [3.05, 3.63) is 24.5 Å². The van der Waals surface area contributed by atoms with Crippen molar-refractivity contribution in [3.8, 4) is 0 Å². The number of anilines is 1. The van der Waals surface area contributed by atoms with Gasteiger partial charge in [-0.3, -0.25) is 4.98 Å². The van der Waals surface area contributed by atoms with E-state index < -0.39 is 12.0 Å². The molecular formula is C15H19N3O3. The minimum atomic E-state index is -0.911. The number of nitrogens with one attached hydrogen (secondary N) is 1. The van der Waals surface area contributed by atoms with Crippen LogP contribution in [0.3, 0.4) is 0 Å². The largest absolute Gasteiger partial charge is 0.480 e. The van der Waals surface area contributed by atoms with Crippen LogP contribution in [0.2, 0.25) is 0 Å². The van der Waals surface area contributed by atoms with Gasteiger partial charge in [-0.2, -0.15) is 0 Å². The van der Waals surface area contributed by atoms with Crippen LogP contribution in [0, 0.1) is 5.92 Å². The Kier molecular flexibility index (Phi) is 3.77. The lowest BCUT2D eigenvalue weighted by Crippen LogP contribution is -2.48. The number of urea groups is 1. The molecule has 112 valence electrons. The van der Waals surface area contributed by atoms with Crippen LogP contribution in [0.4, 0.5) is 10.5 Å². The van der Waals surface area contributed by atoms with E-state index in [0.717, 1.165) is 25.7 Å². The van der Waals surface area contributed by atoms with Gasteiger partial charge >= 0.3 is 12.0 Å². The molecule has 1 saturated carbocycles. The van der Waals surface area contributed by atoms with Crippen LogP contribution in [0.1, 0.15) is 32.1 Å². The van der Waals surface area contributed by atoms with Crippen LogP contribution in [-0.4, -0.2) is 39.1 Å². The number of carbonyl (C=O) groups is 2. The zero-order valence-corrected chi connectivity index (χ0v) is 11.7. The highest BCUT2D eigenvalue weighted by Gasteiger charge is 2.47. The Labute approximate surface area is 123 Å². The summed E-state index contributed by atoms with van der Waals surface area (Å²) >= 11 is 0. The average molecular weight is 289 g/mol. The third-order valence-electron chi connectivity index (χ3n) is 4.52. The standard InChI is InChI=1S/C15H19N3O3/c19-14(20)13-8-10-4-1-2-6-12(10)18(13)15(21)17-11-5-3-7-16-9-11/h3,5,7,9-10,12-13H,1-2,4,6,8H2,(H,17,21)(H,19,20). The minimum Gasteiger partial charge on any atom is -0.480 e. The second kappa shape index (κ2) is 5.71. The maximum Gasteiger partial charge on any atom is 0.326 e. The zero-order valence-electron chi connectivity index (χ0n) is 11.7. The molecule has 1 aliphatic heterocycles. The van der Waals surface area contributed by atoms with Gasteiger partial charge in [-0.05, 0) is 37.3 Å². The molecule has 3 unspecified atom stereocenters. The van der Waals surface area contributed by atoms with E-state index in [1.807, 2.05) is 0 Å². The van der Waals surface area contributed by atoms with Crippen molar-refractivity contribution >= 4 is 17.7 Å². The van der Waals surface area contributed by atoms with Crippen LogP contribution in [0.5, 0.6) is 0 Å². The highest BCUT2D eigenvalue weighted by Crippen LogP contribution is 2.40. The van der Waals surface area contributed by atoms with Crippen molar-refractivity contribution < 1.29 is 14.7 Å². The number of hydrogen-bond acceptors (Lipinski definition) is 3. The summed E-state index contributed by atoms with van der Waals surface area (Å²) in [7, 11) is 0. The molecule has 2 heterocycles. The number of nitrogens with zero attached hydrogens (tertiary/aromatic N) is 2. The number of fused-ring (bicyclic) bond motifs is 1. The topological polar surface area (TPSA) is 82.5 Å². The summed E-state index contributed by atoms with van der Waals surface area (Å²) in [4.78, 5) is 29.5. The van der Waals surface area contributed by atoms with Crippen LogP contribution in [0.15, 0.2) is 24.5 Å². The summed E-state index contributed by atoms with van der Waals surface area (Å²) in [6, 6.07) is 2.49. The Morgan fingerprint density at radius 1 is 1.33 bits per heavy atom. The maximum atomic E-state index is 12.5. The van der Waals surface area contributed by atoms with E-state index in [1.54, 1.807) is 29.4 Å². The maximum absolute atomic E-state index is 12.5. The van der Waals surface area contributed by atoms with Gasteiger partial charge in [0, 0.05) is 12.2 Å². The Bertz CT molecular complexity index is 534. The number of carboxylic acid groups (broad SMARTS) is 1. The highest BCUT2D eigenvalue weighted by atomic mass is 16.4. The van der Waals surface area contributed by atoms with Gasteiger partial charge < -0.3 is 15.3 Å². The molecule has 1 aromatic heterocycles. The number of carboxylic acids is 1. The molecule has 0 bridgehead atoms. The number of likely N-dealkylation sites (tertiary alicyclic amines) is 1. The van der Waals surface area contributed by atoms with Gasteiger partial charge in [0.05, 0.1) is 11.9 Å². The predicted octanol–water partition coefficient (Wildman–Crippen LogP) is 2.33. The first-order valence-corrected chi connectivity index (χ1v) is 7.39. The normalized spacial score (nSPS) is 28.0. The first-order chi connectivity index (χ1) is 10.2. The van der Waals surface area contributed by atoms with E-state index in [4.69, 9.17) is 0 Å². The molecule has 2 fully saturated rings. The van der Waals surface area contributed by atoms with Crippen molar-refractivity contribution in [2.45, 2.75) is 44.2 Å². The monoisotopic (exact) mass is 289 g/mol. The molecule has 0 radical (unpaired) electrons. The third kappa shape index (κ3) is 2.70. The number of aliphatic carboxylic acids is 1. The zero-order chi connectivity index (χ0) is 14.8. The van der Waals surface area contributed by atoms with Gasteiger partial charge in [-0.1, -0.05) is 12.8 Å². The Morgan fingerprint density at radius 2 is 2.14 bits per heavy atom. The molecule has 21 heavy (non-hydrogen) atoms. The van der Waals surface area contributed by atoms with Crippen molar-refractivity contribution in [1.29, 1.82) is 0 Å². The average Bonchev–Trinajstić information content (AvgIpc) is 2.88. The van der Waals surface area contributed by atoms with Gasteiger partial charge in [0.2, 0.25) is 0 Å². The molecule has 1 aliphatic carbocycles. The molecule has 3 atom stereocenters. The Hall–Kier alpha value is -2.11. The molecule has 2 aliphatic rings. The Morgan fingerprint density at radius 3 is 2.86 bits per heavy atom. The van der Waals surface area contributed by atoms with Crippen LogP contribution in [-0.2, 0) is 4.79 Å². The van der Waals surface area contributed by atoms with Crippen LogP contribution < -0.4 is 5.32 Å². The molecule has 2 N–H and O–H groups in total. The lowest BCUT2D eigenvalue weighted by Gasteiger charge is -2.32. The second-order valence-electron chi connectivity index (χ2n) is 5.78. The summed E-state index contributed by atoms with van der Waals surface area (Å²) in [6.45, 7) is 0. The van der Waals surface area contributed by atoms with Gasteiger partial charge in [-0.15, -0.1) is 0 Å². The van der Waals surface area contributed by atoms with Crippen molar-refractivity contribution in [1.82, 2.24) is 9.88 Å². The highest BCUT2D eigenvalue weighted by molar-refractivity contribution is 5.93. The van der Waals surface area contributed by atoms with E-state index in [0.29, 0.717) is 18.0 Å². The summed E-state index contributed by atoms with van der Waals surface area (Å²) in [5.41, 5.74) is 0.589. The van der Waals surface area contributed by atoms with Gasteiger partial charge in [0.25, 0.3) is 0 Å². The molecule has 3 rings (SSSR count). The van der Waals surface area contributed by atoms with E-state index in [1.165, 1.54) is 0 Å². The van der Waals surface area contributed by atoms with Gasteiger partial charge in [-0.25, -0.2) is 9.59 Å².